The van der Waals surface area contributed by atoms with E-state index in [1.165, 1.54) is 0 Å². The number of anilines is 1. The van der Waals surface area contributed by atoms with Gasteiger partial charge in [0.25, 0.3) is 0 Å². The molecule has 0 radical (unpaired) electrons. The maximum absolute atomic E-state index is 12.5. The van der Waals surface area contributed by atoms with Gasteiger partial charge in [-0.25, -0.2) is 0 Å². The minimum Gasteiger partial charge on any atom is -0.497 e. The van der Waals surface area contributed by atoms with Crippen LogP contribution < -0.4 is 15.8 Å². The molecule has 0 atom stereocenters. The summed E-state index contributed by atoms with van der Waals surface area (Å²) in [5.41, 5.74) is 9.64. The second-order valence-corrected chi connectivity index (χ2v) is 6.85. The number of fused-ring (bicyclic) bond motifs is 1. The van der Waals surface area contributed by atoms with E-state index in [-0.39, 0.29) is 12.3 Å². The number of methoxy groups -OCH3 is 1. The monoisotopic (exact) mass is 400 g/mol. The lowest BCUT2D eigenvalue weighted by molar-refractivity contribution is -0.115. The number of aromatic nitrogens is 2. The maximum atomic E-state index is 12.5. The SMILES string of the molecule is COc1ccc(CC(=O)Nc2cccc(-c3n[nH]c4ccc(C(N)=O)cc34)c2)cc1. The van der Waals surface area contributed by atoms with Crippen molar-refractivity contribution in [1.29, 1.82) is 0 Å². The summed E-state index contributed by atoms with van der Waals surface area (Å²) in [6.07, 6.45) is 0.252. The zero-order chi connectivity index (χ0) is 21.1. The van der Waals surface area contributed by atoms with Crippen LogP contribution in [0.1, 0.15) is 15.9 Å². The summed E-state index contributed by atoms with van der Waals surface area (Å²) in [4.78, 5) is 24.0. The number of carbonyl (C=O) groups is 2. The van der Waals surface area contributed by atoms with Gasteiger partial charge < -0.3 is 15.8 Å². The lowest BCUT2D eigenvalue weighted by atomic mass is 10.0. The van der Waals surface area contributed by atoms with Gasteiger partial charge in [0.05, 0.1) is 24.7 Å². The van der Waals surface area contributed by atoms with Gasteiger partial charge in [-0.2, -0.15) is 5.10 Å². The number of nitrogens with one attached hydrogen (secondary N) is 2. The number of aromatic amines is 1. The van der Waals surface area contributed by atoms with Gasteiger partial charge in [-0.05, 0) is 48.0 Å². The molecule has 3 aromatic carbocycles. The van der Waals surface area contributed by atoms with E-state index in [1.807, 2.05) is 48.5 Å². The third-order valence-electron chi connectivity index (χ3n) is 4.79. The zero-order valence-corrected chi connectivity index (χ0v) is 16.3. The second-order valence-electron chi connectivity index (χ2n) is 6.85. The van der Waals surface area contributed by atoms with Crippen LogP contribution in [-0.2, 0) is 11.2 Å². The number of amides is 2. The molecule has 1 aromatic heterocycles. The summed E-state index contributed by atoms with van der Waals surface area (Å²) in [5, 5.41) is 11.0. The molecule has 4 rings (SSSR count). The highest BCUT2D eigenvalue weighted by Crippen LogP contribution is 2.29. The van der Waals surface area contributed by atoms with Crippen molar-refractivity contribution in [3.63, 3.8) is 0 Å². The fraction of sp³-hybridized carbons (Fsp3) is 0.0870. The first-order valence-corrected chi connectivity index (χ1v) is 9.34. The molecule has 4 N–H and O–H groups in total. The zero-order valence-electron chi connectivity index (χ0n) is 16.3. The van der Waals surface area contributed by atoms with Gasteiger partial charge in [-0.15, -0.1) is 0 Å². The van der Waals surface area contributed by atoms with Gasteiger partial charge >= 0.3 is 0 Å². The van der Waals surface area contributed by atoms with Crippen molar-refractivity contribution < 1.29 is 14.3 Å². The Morgan fingerprint density at radius 2 is 1.87 bits per heavy atom. The Kier molecular flexibility index (Phi) is 5.17. The van der Waals surface area contributed by atoms with Crippen LogP contribution in [0, 0.1) is 0 Å². The van der Waals surface area contributed by atoms with Crippen LogP contribution >= 0.6 is 0 Å². The summed E-state index contributed by atoms with van der Waals surface area (Å²) in [6, 6.07) is 19.9. The van der Waals surface area contributed by atoms with Crippen LogP contribution in [0.15, 0.2) is 66.7 Å². The molecule has 0 saturated carbocycles. The number of nitrogens with zero attached hydrogens (tertiary/aromatic N) is 1. The van der Waals surface area contributed by atoms with Crippen LogP contribution in [0.2, 0.25) is 0 Å². The Bertz CT molecular complexity index is 1230. The fourth-order valence-corrected chi connectivity index (χ4v) is 3.27. The number of benzene rings is 3. The van der Waals surface area contributed by atoms with Crippen LogP contribution in [0.4, 0.5) is 5.69 Å². The molecule has 0 aliphatic heterocycles. The van der Waals surface area contributed by atoms with Gasteiger partial charge in [0.2, 0.25) is 11.8 Å². The molecule has 7 heteroatoms. The third kappa shape index (κ3) is 4.00. The third-order valence-corrected chi connectivity index (χ3v) is 4.79. The Morgan fingerprint density at radius 1 is 1.07 bits per heavy atom. The average Bonchev–Trinajstić information content (AvgIpc) is 3.17. The van der Waals surface area contributed by atoms with Crippen molar-refractivity contribution in [1.82, 2.24) is 10.2 Å². The normalized spacial score (nSPS) is 10.7. The summed E-state index contributed by atoms with van der Waals surface area (Å²) >= 11 is 0. The van der Waals surface area contributed by atoms with Crippen molar-refractivity contribution >= 4 is 28.4 Å². The van der Waals surface area contributed by atoms with E-state index in [0.29, 0.717) is 16.9 Å². The van der Waals surface area contributed by atoms with Crippen LogP contribution in [-0.4, -0.2) is 29.1 Å². The molecule has 0 saturated heterocycles. The molecule has 7 nitrogen and oxygen atoms in total. The molecule has 0 aliphatic rings. The number of ether oxygens (including phenoxy) is 1. The minimum absolute atomic E-state index is 0.125. The second kappa shape index (κ2) is 8.08. The Balaban J connectivity index is 1.55. The van der Waals surface area contributed by atoms with Crippen LogP contribution in [0.25, 0.3) is 22.2 Å². The summed E-state index contributed by atoms with van der Waals surface area (Å²) in [7, 11) is 1.60. The topological polar surface area (TPSA) is 110 Å². The van der Waals surface area contributed by atoms with E-state index in [4.69, 9.17) is 10.5 Å². The van der Waals surface area contributed by atoms with E-state index in [1.54, 1.807) is 25.3 Å². The first-order valence-electron chi connectivity index (χ1n) is 9.34. The molecule has 2 amide bonds. The number of H-pyrrole nitrogens is 1. The quantitative estimate of drug-likeness (QED) is 0.460. The van der Waals surface area contributed by atoms with Crippen LogP contribution in [0.5, 0.6) is 5.75 Å². The van der Waals surface area contributed by atoms with Crippen molar-refractivity contribution in [2.75, 3.05) is 12.4 Å². The average molecular weight is 400 g/mol. The molecule has 0 spiro atoms. The molecular formula is C23H20N4O3. The highest BCUT2D eigenvalue weighted by atomic mass is 16.5. The molecule has 150 valence electrons. The van der Waals surface area contributed by atoms with E-state index in [2.05, 4.69) is 15.5 Å². The number of hydrogen-bond acceptors (Lipinski definition) is 4. The smallest absolute Gasteiger partial charge is 0.248 e. The molecule has 0 fully saturated rings. The summed E-state index contributed by atoms with van der Waals surface area (Å²) < 4.78 is 5.13. The molecule has 0 aliphatic carbocycles. The molecule has 0 unspecified atom stereocenters. The summed E-state index contributed by atoms with van der Waals surface area (Å²) in [5.74, 6) is 0.126. The highest BCUT2D eigenvalue weighted by Gasteiger charge is 2.12. The van der Waals surface area contributed by atoms with Crippen molar-refractivity contribution in [3.8, 4) is 17.0 Å². The maximum Gasteiger partial charge on any atom is 0.248 e. The Labute approximate surface area is 172 Å². The van der Waals surface area contributed by atoms with Crippen molar-refractivity contribution in [3.05, 3.63) is 77.9 Å². The van der Waals surface area contributed by atoms with Gasteiger partial charge in [0.1, 0.15) is 5.75 Å². The summed E-state index contributed by atoms with van der Waals surface area (Å²) in [6.45, 7) is 0. The molecule has 4 aromatic rings. The fourth-order valence-electron chi connectivity index (χ4n) is 3.27. The van der Waals surface area contributed by atoms with E-state index < -0.39 is 5.91 Å². The number of primary amides is 1. The lowest BCUT2D eigenvalue weighted by Crippen LogP contribution is -2.14. The number of hydrogen-bond donors (Lipinski definition) is 3. The van der Waals surface area contributed by atoms with E-state index in [0.717, 1.165) is 27.8 Å². The van der Waals surface area contributed by atoms with E-state index in [9.17, 15) is 9.59 Å². The first kappa shape index (κ1) is 19.2. The minimum atomic E-state index is -0.497. The van der Waals surface area contributed by atoms with E-state index >= 15 is 0 Å². The Morgan fingerprint density at radius 3 is 2.60 bits per heavy atom. The van der Waals surface area contributed by atoms with Gasteiger partial charge in [0, 0.05) is 22.2 Å². The highest BCUT2D eigenvalue weighted by molar-refractivity contribution is 6.01. The van der Waals surface area contributed by atoms with Gasteiger partial charge in [-0.3, -0.25) is 14.7 Å². The molecule has 30 heavy (non-hydrogen) atoms. The predicted octanol–water partition coefficient (Wildman–Crippen LogP) is 3.52. The van der Waals surface area contributed by atoms with Crippen molar-refractivity contribution in [2.24, 2.45) is 5.73 Å². The lowest BCUT2D eigenvalue weighted by Gasteiger charge is -2.08. The largest absolute Gasteiger partial charge is 0.497 e. The Hall–Kier alpha value is -4.13. The van der Waals surface area contributed by atoms with Gasteiger partial charge in [-0.1, -0.05) is 24.3 Å². The number of nitrogens with two attached hydrogens (primary N) is 1. The van der Waals surface area contributed by atoms with Crippen LogP contribution in [0.3, 0.4) is 0 Å². The first-order chi connectivity index (χ1) is 14.5. The standard InChI is InChI=1S/C23H20N4O3/c1-30-18-8-5-14(6-9-18)11-21(28)25-17-4-2-3-15(12-17)22-19-13-16(23(24)29)7-10-20(19)26-27-22/h2-10,12-13H,11H2,1H3,(H2,24,29)(H,25,28)(H,26,27). The van der Waals surface area contributed by atoms with Gasteiger partial charge in [0.15, 0.2) is 0 Å². The molecule has 1 heterocycles. The predicted molar refractivity (Wildman–Crippen MR) is 115 cm³/mol. The number of carbonyl (C=O) groups excluding carboxylic acids is 2. The number of rotatable bonds is 6. The van der Waals surface area contributed by atoms with Crippen molar-refractivity contribution in [2.45, 2.75) is 6.42 Å². The molecule has 0 bridgehead atoms. The molecular weight excluding hydrogens is 380 g/mol.